The topological polar surface area (TPSA) is 74.8 Å². The molecular formula is C30H40N4O3. The summed E-state index contributed by atoms with van der Waals surface area (Å²) in [4.78, 5) is 37.4. The predicted octanol–water partition coefficient (Wildman–Crippen LogP) is 3.23. The molecule has 1 aromatic heterocycles. The van der Waals surface area contributed by atoms with Gasteiger partial charge in [-0.15, -0.1) is 0 Å². The number of aromatic nitrogens is 1. The van der Waals surface area contributed by atoms with Crippen LogP contribution in [-0.2, 0) is 27.2 Å². The fourth-order valence-corrected chi connectivity index (χ4v) is 6.39. The number of rotatable bonds is 7. The molecule has 0 saturated carbocycles. The van der Waals surface area contributed by atoms with Crippen molar-refractivity contribution in [1.82, 2.24) is 20.1 Å². The summed E-state index contributed by atoms with van der Waals surface area (Å²) < 4.78 is 5.60. The molecule has 2 fully saturated rings. The number of ether oxygens (including phenoxy) is 1. The minimum atomic E-state index is -0.522. The molecule has 1 aromatic carbocycles. The number of aryl methyl sites for hydroxylation is 2. The van der Waals surface area contributed by atoms with E-state index in [1.165, 1.54) is 11.1 Å². The lowest BCUT2D eigenvalue weighted by atomic mass is 9.85. The molecule has 2 amide bonds. The Morgan fingerprint density at radius 2 is 1.73 bits per heavy atom. The van der Waals surface area contributed by atoms with Gasteiger partial charge in [0.1, 0.15) is 12.1 Å². The first-order valence-electron chi connectivity index (χ1n) is 13.8. The van der Waals surface area contributed by atoms with E-state index in [0.29, 0.717) is 19.8 Å². The molecule has 1 unspecified atom stereocenters. The van der Waals surface area contributed by atoms with Crippen LogP contribution in [0.1, 0.15) is 54.4 Å². The van der Waals surface area contributed by atoms with Crippen molar-refractivity contribution in [3.05, 3.63) is 64.5 Å². The number of piperazine rings is 1. The Balaban J connectivity index is 1.54. The van der Waals surface area contributed by atoms with E-state index < -0.39 is 12.1 Å². The first-order valence-corrected chi connectivity index (χ1v) is 13.8. The van der Waals surface area contributed by atoms with E-state index in [1.807, 2.05) is 24.8 Å². The largest absolute Gasteiger partial charge is 0.379 e. The van der Waals surface area contributed by atoms with Gasteiger partial charge in [-0.2, -0.15) is 0 Å². The van der Waals surface area contributed by atoms with Crippen molar-refractivity contribution in [1.29, 1.82) is 0 Å². The minimum Gasteiger partial charge on any atom is -0.379 e. The van der Waals surface area contributed by atoms with Crippen molar-refractivity contribution in [3.8, 4) is 0 Å². The van der Waals surface area contributed by atoms with Crippen molar-refractivity contribution in [2.45, 2.75) is 65.1 Å². The molecule has 3 heterocycles. The van der Waals surface area contributed by atoms with E-state index in [1.54, 1.807) is 0 Å². The lowest BCUT2D eigenvalue weighted by molar-refractivity contribution is -0.157. The number of carbonyl (C=O) groups is 2. The highest BCUT2D eigenvalue weighted by molar-refractivity contribution is 5.97. The van der Waals surface area contributed by atoms with Gasteiger partial charge in [-0.05, 0) is 61.3 Å². The molecule has 0 spiro atoms. The molecule has 2 saturated heterocycles. The molecule has 1 aliphatic carbocycles. The maximum Gasteiger partial charge on any atom is 0.246 e. The van der Waals surface area contributed by atoms with Crippen molar-refractivity contribution >= 4 is 11.8 Å². The van der Waals surface area contributed by atoms with E-state index in [-0.39, 0.29) is 29.7 Å². The number of pyridine rings is 1. The monoisotopic (exact) mass is 504 g/mol. The summed E-state index contributed by atoms with van der Waals surface area (Å²) in [5.41, 5.74) is 5.48. The van der Waals surface area contributed by atoms with Crippen molar-refractivity contribution in [2.24, 2.45) is 11.8 Å². The smallest absolute Gasteiger partial charge is 0.246 e. The number of nitrogens with one attached hydrogen (secondary N) is 1. The van der Waals surface area contributed by atoms with Gasteiger partial charge in [0.15, 0.2) is 0 Å². The van der Waals surface area contributed by atoms with Gasteiger partial charge in [-0.3, -0.25) is 19.5 Å². The molecule has 37 heavy (non-hydrogen) atoms. The zero-order valence-corrected chi connectivity index (χ0v) is 22.6. The van der Waals surface area contributed by atoms with Crippen LogP contribution >= 0.6 is 0 Å². The third-order valence-corrected chi connectivity index (χ3v) is 8.62. The Labute approximate surface area is 220 Å². The summed E-state index contributed by atoms with van der Waals surface area (Å²) in [5, 5.41) is 3.19. The van der Waals surface area contributed by atoms with E-state index in [4.69, 9.17) is 9.72 Å². The zero-order chi connectivity index (χ0) is 26.1. The molecule has 198 valence electrons. The van der Waals surface area contributed by atoms with Crippen LogP contribution in [-0.4, -0.2) is 71.5 Å². The van der Waals surface area contributed by atoms with Crippen LogP contribution < -0.4 is 5.32 Å². The van der Waals surface area contributed by atoms with Crippen molar-refractivity contribution < 1.29 is 14.3 Å². The van der Waals surface area contributed by atoms with E-state index in [9.17, 15) is 9.59 Å². The second-order valence-corrected chi connectivity index (χ2v) is 11.1. The normalized spacial score (nSPS) is 24.6. The first-order chi connectivity index (χ1) is 17.9. The van der Waals surface area contributed by atoms with Gasteiger partial charge in [0.05, 0.1) is 19.3 Å². The highest BCUT2D eigenvalue weighted by Gasteiger charge is 2.49. The van der Waals surface area contributed by atoms with Crippen LogP contribution in [0.15, 0.2) is 36.4 Å². The second-order valence-electron chi connectivity index (χ2n) is 11.1. The maximum atomic E-state index is 14.5. The van der Waals surface area contributed by atoms with Gasteiger partial charge in [0, 0.05) is 31.0 Å². The van der Waals surface area contributed by atoms with Crippen LogP contribution in [0.2, 0.25) is 0 Å². The molecule has 5 rings (SSSR count). The molecule has 7 heteroatoms. The number of morpholine rings is 1. The quantitative estimate of drug-likeness (QED) is 0.627. The number of fused-ring (bicyclic) bond motifs is 1. The van der Waals surface area contributed by atoms with Crippen LogP contribution in [0, 0.1) is 25.7 Å². The van der Waals surface area contributed by atoms with Gasteiger partial charge >= 0.3 is 0 Å². The highest BCUT2D eigenvalue weighted by atomic mass is 16.5. The maximum absolute atomic E-state index is 14.5. The average molecular weight is 505 g/mol. The molecule has 2 aliphatic heterocycles. The fourth-order valence-electron chi connectivity index (χ4n) is 6.39. The lowest BCUT2D eigenvalue weighted by Gasteiger charge is -2.48. The average Bonchev–Trinajstić information content (AvgIpc) is 3.33. The number of hydrogen-bond acceptors (Lipinski definition) is 5. The molecule has 0 radical (unpaired) electrons. The van der Waals surface area contributed by atoms with E-state index in [2.05, 4.69) is 54.4 Å². The molecular weight excluding hydrogens is 464 g/mol. The summed E-state index contributed by atoms with van der Waals surface area (Å²) in [7, 11) is 0. The summed E-state index contributed by atoms with van der Waals surface area (Å²) in [6.07, 6.45) is 2.44. The number of carbonyl (C=O) groups excluding carboxylic acids is 2. The summed E-state index contributed by atoms with van der Waals surface area (Å²) >= 11 is 0. The van der Waals surface area contributed by atoms with Gasteiger partial charge in [-0.25, -0.2) is 0 Å². The van der Waals surface area contributed by atoms with Crippen molar-refractivity contribution in [3.63, 3.8) is 0 Å². The first kappa shape index (κ1) is 25.9. The van der Waals surface area contributed by atoms with Gasteiger partial charge in [0.2, 0.25) is 11.8 Å². The molecule has 3 aliphatic rings. The number of nitrogens with zero attached hydrogens (tertiary/aromatic N) is 3. The molecule has 0 bridgehead atoms. The summed E-state index contributed by atoms with van der Waals surface area (Å²) in [6, 6.07) is 11.2. The second kappa shape index (κ2) is 10.9. The van der Waals surface area contributed by atoms with E-state index in [0.717, 1.165) is 49.3 Å². The van der Waals surface area contributed by atoms with Crippen LogP contribution in [0.4, 0.5) is 0 Å². The van der Waals surface area contributed by atoms with Crippen LogP contribution in [0.3, 0.4) is 0 Å². The van der Waals surface area contributed by atoms with Gasteiger partial charge in [-0.1, -0.05) is 50.6 Å². The third kappa shape index (κ3) is 5.16. The summed E-state index contributed by atoms with van der Waals surface area (Å²) in [5.74, 6) is 0.118. The standard InChI is InChI=1S/C30H40N4O3/c1-5-19(2)28-29(35)32-27(24-16-22-8-6-7-9-23(22)17-24)30(36)34(28)26(18-33-12-14-37-15-13-33)25-11-10-20(3)31-21(25)4/h6-11,19,24,26-28H,5,12-18H2,1-4H3,(H,32,35)/t19-,26-,27?,28+/m0/s1. The number of benzene rings is 1. The molecule has 1 N–H and O–H groups in total. The Hall–Kier alpha value is -2.77. The Bertz CT molecular complexity index is 1120. The van der Waals surface area contributed by atoms with Crippen LogP contribution in [0.25, 0.3) is 0 Å². The molecule has 2 aromatic rings. The van der Waals surface area contributed by atoms with Gasteiger partial charge in [0.25, 0.3) is 0 Å². The van der Waals surface area contributed by atoms with Crippen molar-refractivity contribution in [2.75, 3.05) is 32.8 Å². The van der Waals surface area contributed by atoms with E-state index >= 15 is 0 Å². The Morgan fingerprint density at radius 1 is 1.05 bits per heavy atom. The molecule has 4 atom stereocenters. The number of amides is 2. The summed E-state index contributed by atoms with van der Waals surface area (Å²) in [6.45, 7) is 11.9. The highest BCUT2D eigenvalue weighted by Crippen LogP contribution is 2.37. The number of hydrogen-bond donors (Lipinski definition) is 1. The minimum absolute atomic E-state index is 0.0281. The predicted molar refractivity (Wildman–Crippen MR) is 143 cm³/mol. The van der Waals surface area contributed by atoms with Crippen LogP contribution in [0.5, 0.6) is 0 Å². The SMILES string of the molecule is CC[C@H](C)[C@@H]1C(=O)NC(C2Cc3ccccc3C2)C(=O)N1[C@@H](CN1CCOCC1)c1ccc(C)nc1C. The Morgan fingerprint density at radius 3 is 2.35 bits per heavy atom. The molecule has 7 nitrogen and oxygen atoms in total. The third-order valence-electron chi connectivity index (χ3n) is 8.62. The lowest BCUT2D eigenvalue weighted by Crippen LogP contribution is -2.68. The zero-order valence-electron chi connectivity index (χ0n) is 22.6. The van der Waals surface area contributed by atoms with Gasteiger partial charge < -0.3 is 15.0 Å². The Kier molecular flexibility index (Phi) is 7.63. The fraction of sp³-hybridized carbons (Fsp3) is 0.567.